The first-order chi connectivity index (χ1) is 12.6. The quantitative estimate of drug-likeness (QED) is 0.774. The van der Waals surface area contributed by atoms with Gasteiger partial charge in [0.05, 0.1) is 11.9 Å². The standard InChI is InChI=1S/C17H16FN5O3/c18-11-2-1-3-12(8-11)23-15-14(9-21-23)16(20-10-19-15)26-13-4-6-22(7-5-13)17(24)25/h1-3,8-10,13H,4-7H2,(H,24,25). The molecule has 3 aromatic rings. The molecule has 0 radical (unpaired) electrons. The average molecular weight is 357 g/mol. The van der Waals surface area contributed by atoms with Crippen molar-refractivity contribution in [3.8, 4) is 11.6 Å². The minimum atomic E-state index is -0.913. The minimum Gasteiger partial charge on any atom is -0.474 e. The van der Waals surface area contributed by atoms with Gasteiger partial charge in [0.25, 0.3) is 0 Å². The Bertz CT molecular complexity index is 952. The van der Waals surface area contributed by atoms with Gasteiger partial charge in [-0.25, -0.2) is 23.8 Å². The van der Waals surface area contributed by atoms with Crippen LogP contribution in [0, 0.1) is 5.82 Å². The molecular formula is C17H16FN5O3. The van der Waals surface area contributed by atoms with Crippen LogP contribution < -0.4 is 4.74 Å². The number of fused-ring (bicyclic) bond motifs is 1. The monoisotopic (exact) mass is 357 g/mol. The fourth-order valence-electron chi connectivity index (χ4n) is 3.04. The number of rotatable bonds is 3. The fourth-order valence-corrected chi connectivity index (χ4v) is 3.04. The lowest BCUT2D eigenvalue weighted by Crippen LogP contribution is -2.41. The van der Waals surface area contributed by atoms with E-state index in [9.17, 15) is 9.18 Å². The number of amides is 1. The molecule has 0 spiro atoms. The predicted octanol–water partition coefficient (Wildman–Crippen LogP) is 2.48. The van der Waals surface area contributed by atoms with Crippen molar-refractivity contribution < 1.29 is 19.0 Å². The molecule has 9 heteroatoms. The van der Waals surface area contributed by atoms with E-state index in [1.54, 1.807) is 18.3 Å². The number of hydrogen-bond acceptors (Lipinski definition) is 5. The Labute approximate surface area is 147 Å². The van der Waals surface area contributed by atoms with Crippen molar-refractivity contribution in [1.82, 2.24) is 24.6 Å². The van der Waals surface area contributed by atoms with E-state index in [2.05, 4.69) is 15.1 Å². The summed E-state index contributed by atoms with van der Waals surface area (Å²) in [6, 6.07) is 6.08. The summed E-state index contributed by atoms with van der Waals surface area (Å²) >= 11 is 0. The van der Waals surface area contributed by atoms with Crippen LogP contribution in [-0.4, -0.2) is 55.0 Å². The number of carbonyl (C=O) groups is 1. The van der Waals surface area contributed by atoms with E-state index in [-0.39, 0.29) is 11.9 Å². The van der Waals surface area contributed by atoms with Crippen LogP contribution in [0.2, 0.25) is 0 Å². The Morgan fingerprint density at radius 3 is 2.81 bits per heavy atom. The van der Waals surface area contributed by atoms with Crippen molar-refractivity contribution in [2.24, 2.45) is 0 Å². The molecule has 0 bridgehead atoms. The highest BCUT2D eigenvalue weighted by Gasteiger charge is 2.24. The van der Waals surface area contributed by atoms with Crippen molar-refractivity contribution in [1.29, 1.82) is 0 Å². The first kappa shape index (κ1) is 16.2. The largest absolute Gasteiger partial charge is 0.474 e. The topological polar surface area (TPSA) is 93.4 Å². The molecule has 26 heavy (non-hydrogen) atoms. The lowest BCUT2D eigenvalue weighted by molar-refractivity contribution is 0.0879. The zero-order chi connectivity index (χ0) is 18.1. The van der Waals surface area contributed by atoms with Crippen LogP contribution in [0.25, 0.3) is 16.7 Å². The number of carboxylic acid groups (broad SMARTS) is 1. The van der Waals surface area contributed by atoms with E-state index in [4.69, 9.17) is 9.84 Å². The van der Waals surface area contributed by atoms with Crippen LogP contribution in [-0.2, 0) is 0 Å². The van der Waals surface area contributed by atoms with E-state index in [0.717, 1.165) is 0 Å². The lowest BCUT2D eigenvalue weighted by atomic mass is 10.1. The van der Waals surface area contributed by atoms with Crippen LogP contribution in [0.4, 0.5) is 9.18 Å². The second-order valence-corrected chi connectivity index (χ2v) is 6.04. The van der Waals surface area contributed by atoms with Gasteiger partial charge in [-0.1, -0.05) is 6.07 Å². The maximum Gasteiger partial charge on any atom is 0.407 e. The zero-order valence-electron chi connectivity index (χ0n) is 13.7. The van der Waals surface area contributed by atoms with Crippen LogP contribution in [0.5, 0.6) is 5.88 Å². The molecule has 8 nitrogen and oxygen atoms in total. The summed E-state index contributed by atoms with van der Waals surface area (Å²) in [6.45, 7) is 0.855. The van der Waals surface area contributed by atoms with Gasteiger partial charge in [0, 0.05) is 25.9 Å². The average Bonchev–Trinajstić information content (AvgIpc) is 3.07. The van der Waals surface area contributed by atoms with Crippen molar-refractivity contribution >= 4 is 17.1 Å². The normalized spacial score (nSPS) is 15.3. The number of benzene rings is 1. The van der Waals surface area contributed by atoms with E-state index in [0.29, 0.717) is 48.5 Å². The summed E-state index contributed by atoms with van der Waals surface area (Å²) in [5.41, 5.74) is 1.07. The van der Waals surface area contributed by atoms with Crippen LogP contribution >= 0.6 is 0 Å². The van der Waals surface area contributed by atoms with Gasteiger partial charge in [0.15, 0.2) is 5.65 Å². The lowest BCUT2D eigenvalue weighted by Gasteiger charge is -2.29. The fraction of sp³-hybridized carbons (Fsp3) is 0.294. The molecule has 1 aliphatic heterocycles. The van der Waals surface area contributed by atoms with Gasteiger partial charge < -0.3 is 14.7 Å². The SMILES string of the molecule is O=C(O)N1CCC(Oc2ncnc3c2cnn3-c2cccc(F)c2)CC1. The second kappa shape index (κ2) is 6.58. The molecule has 1 fully saturated rings. The molecule has 0 aliphatic carbocycles. The molecule has 0 saturated carbocycles. The Balaban J connectivity index is 1.59. The van der Waals surface area contributed by atoms with E-state index < -0.39 is 6.09 Å². The highest BCUT2D eigenvalue weighted by molar-refractivity contribution is 5.81. The number of halogens is 1. The molecule has 134 valence electrons. The molecule has 1 aromatic carbocycles. The number of aromatic nitrogens is 4. The van der Waals surface area contributed by atoms with Crippen LogP contribution in [0.15, 0.2) is 36.8 Å². The van der Waals surface area contributed by atoms with E-state index in [1.807, 2.05) is 0 Å². The summed E-state index contributed by atoms with van der Waals surface area (Å²) in [4.78, 5) is 20.8. The minimum absolute atomic E-state index is 0.124. The smallest absolute Gasteiger partial charge is 0.407 e. The number of hydrogen-bond donors (Lipinski definition) is 1. The highest BCUT2D eigenvalue weighted by atomic mass is 19.1. The third kappa shape index (κ3) is 3.03. The van der Waals surface area contributed by atoms with Crippen molar-refractivity contribution in [3.05, 3.63) is 42.6 Å². The molecular weight excluding hydrogens is 341 g/mol. The molecule has 1 saturated heterocycles. The van der Waals surface area contributed by atoms with Crippen molar-refractivity contribution in [2.75, 3.05) is 13.1 Å². The molecule has 1 N–H and O–H groups in total. The maximum atomic E-state index is 13.5. The number of piperidine rings is 1. The summed E-state index contributed by atoms with van der Waals surface area (Å²) in [7, 11) is 0. The van der Waals surface area contributed by atoms with Gasteiger partial charge in [-0.05, 0) is 18.2 Å². The van der Waals surface area contributed by atoms with E-state index >= 15 is 0 Å². The third-order valence-electron chi connectivity index (χ3n) is 4.37. The van der Waals surface area contributed by atoms with Gasteiger partial charge in [-0.3, -0.25) is 0 Å². The van der Waals surface area contributed by atoms with Gasteiger partial charge in [-0.2, -0.15) is 5.10 Å². The first-order valence-corrected chi connectivity index (χ1v) is 8.21. The van der Waals surface area contributed by atoms with E-state index in [1.165, 1.54) is 28.0 Å². The van der Waals surface area contributed by atoms with Gasteiger partial charge in [0.2, 0.25) is 5.88 Å². The van der Waals surface area contributed by atoms with Crippen molar-refractivity contribution in [3.63, 3.8) is 0 Å². The Morgan fingerprint density at radius 2 is 2.08 bits per heavy atom. The predicted molar refractivity (Wildman–Crippen MR) is 89.9 cm³/mol. The highest BCUT2D eigenvalue weighted by Crippen LogP contribution is 2.26. The molecule has 0 atom stereocenters. The number of ether oxygens (including phenoxy) is 1. The van der Waals surface area contributed by atoms with Crippen LogP contribution in [0.1, 0.15) is 12.8 Å². The third-order valence-corrected chi connectivity index (χ3v) is 4.37. The first-order valence-electron chi connectivity index (χ1n) is 8.21. The number of likely N-dealkylation sites (tertiary alicyclic amines) is 1. The Morgan fingerprint density at radius 1 is 1.27 bits per heavy atom. The van der Waals surface area contributed by atoms with Gasteiger partial charge >= 0.3 is 6.09 Å². The number of nitrogens with zero attached hydrogens (tertiary/aromatic N) is 5. The molecule has 0 unspecified atom stereocenters. The summed E-state index contributed by atoms with van der Waals surface area (Å²) in [5, 5.41) is 13.9. The summed E-state index contributed by atoms with van der Waals surface area (Å²) in [5.74, 6) is 0.0355. The molecule has 2 aromatic heterocycles. The summed E-state index contributed by atoms with van der Waals surface area (Å²) in [6.07, 6.45) is 3.11. The van der Waals surface area contributed by atoms with Gasteiger partial charge in [-0.15, -0.1) is 0 Å². The zero-order valence-corrected chi connectivity index (χ0v) is 13.7. The second-order valence-electron chi connectivity index (χ2n) is 6.04. The van der Waals surface area contributed by atoms with Gasteiger partial charge in [0.1, 0.15) is 23.6 Å². The van der Waals surface area contributed by atoms with Crippen LogP contribution in [0.3, 0.4) is 0 Å². The maximum absolute atomic E-state index is 13.5. The van der Waals surface area contributed by atoms with Crippen molar-refractivity contribution in [2.45, 2.75) is 18.9 Å². The Kier molecular flexibility index (Phi) is 4.11. The molecule has 3 heterocycles. The molecule has 1 amide bonds. The Hall–Kier alpha value is -3.23. The molecule has 1 aliphatic rings. The molecule has 4 rings (SSSR count). The summed E-state index contributed by atoms with van der Waals surface area (Å²) < 4.78 is 21.0.